The van der Waals surface area contributed by atoms with Crippen molar-refractivity contribution in [2.45, 2.75) is 136 Å². The molecule has 1 saturated heterocycles. The maximum Gasteiger partial charge on any atom is 0.311 e. The number of ether oxygens (including phenoxy) is 2. The van der Waals surface area contributed by atoms with Crippen LogP contribution >= 0.6 is 11.3 Å². The van der Waals surface area contributed by atoms with Crippen LogP contribution in [0.1, 0.15) is 132 Å². The van der Waals surface area contributed by atoms with E-state index >= 15 is 0 Å². The van der Waals surface area contributed by atoms with Crippen molar-refractivity contribution in [1.29, 1.82) is 0 Å². The van der Waals surface area contributed by atoms with Gasteiger partial charge in [-0.25, -0.2) is 4.98 Å². The Hall–Kier alpha value is -3.59. The number of carbonyl (C=O) groups is 4. The van der Waals surface area contributed by atoms with Crippen LogP contribution in [0.3, 0.4) is 0 Å². The van der Waals surface area contributed by atoms with Gasteiger partial charge in [-0.3, -0.25) is 24.1 Å². The second kappa shape index (κ2) is 22.5. The third-order valence-corrected chi connectivity index (χ3v) is 12.4. The Morgan fingerprint density at radius 3 is 2.51 bits per heavy atom. The molecule has 57 heavy (non-hydrogen) atoms. The third-order valence-electron chi connectivity index (χ3n) is 11.5. The van der Waals surface area contributed by atoms with Crippen molar-refractivity contribution in [2.24, 2.45) is 11.8 Å². The van der Waals surface area contributed by atoms with Crippen molar-refractivity contribution in [1.82, 2.24) is 30.7 Å². The Morgan fingerprint density at radius 2 is 1.86 bits per heavy atom. The molecule has 4 N–H and O–H groups in total. The first-order valence-corrected chi connectivity index (χ1v) is 22.0. The Kier molecular flexibility index (Phi) is 18.2. The van der Waals surface area contributed by atoms with E-state index in [1.165, 1.54) is 11.3 Å². The number of carboxylic acids is 1. The molecule has 13 nitrogen and oxygen atoms in total. The fraction of sp³-hybridized carbons (Fsp3) is 0.698. The quantitative estimate of drug-likeness (QED) is 0.107. The zero-order valence-corrected chi connectivity index (χ0v) is 36.3. The van der Waals surface area contributed by atoms with Gasteiger partial charge in [0.25, 0.3) is 5.91 Å². The first-order chi connectivity index (χ1) is 27.3. The van der Waals surface area contributed by atoms with E-state index < -0.39 is 30.1 Å². The SMILES string of the molecule is CCCO[C@H](C[C@H](C(C)C)N(CCC)C(=O)[C@@H](NC(=O)[C@H]1CCCCN1C)[C@@H](C)CC)c1nc(C(=O)N[C@H]2Cc3ccc(OCCNC)cc3[C@H](C(=O)O)C2)cs1. The number of nitrogens with zero attached hydrogens (tertiary/aromatic N) is 3. The average molecular weight is 813 g/mol. The minimum atomic E-state index is -0.945. The van der Waals surface area contributed by atoms with Crippen LogP contribution in [0.5, 0.6) is 5.75 Å². The lowest BCUT2D eigenvalue weighted by Gasteiger charge is -2.40. The molecule has 1 aromatic carbocycles. The lowest BCUT2D eigenvalue weighted by Crippen LogP contribution is -2.58. The summed E-state index contributed by atoms with van der Waals surface area (Å²) in [7, 11) is 3.82. The van der Waals surface area contributed by atoms with Gasteiger partial charge >= 0.3 is 5.97 Å². The normalized spacial score (nSPS) is 20.5. The summed E-state index contributed by atoms with van der Waals surface area (Å²) in [5.74, 6) is -1.61. The number of carbonyl (C=O) groups excluding carboxylic acids is 3. The molecule has 14 heteroatoms. The third kappa shape index (κ3) is 12.5. The zero-order chi connectivity index (χ0) is 41.6. The lowest BCUT2D eigenvalue weighted by molar-refractivity contribution is -0.143. The number of likely N-dealkylation sites (tertiary alicyclic amines) is 1. The molecule has 4 rings (SSSR count). The van der Waals surface area contributed by atoms with Gasteiger partial charge < -0.3 is 35.4 Å². The van der Waals surface area contributed by atoms with Crippen LogP contribution < -0.4 is 20.7 Å². The second-order valence-corrected chi connectivity index (χ2v) is 17.1. The Labute approximate surface area is 344 Å². The molecule has 1 aromatic heterocycles. The topological polar surface area (TPSA) is 162 Å². The van der Waals surface area contributed by atoms with Crippen molar-refractivity contribution in [3.63, 3.8) is 0 Å². The van der Waals surface area contributed by atoms with Crippen LogP contribution in [0, 0.1) is 11.8 Å². The van der Waals surface area contributed by atoms with E-state index in [0.717, 1.165) is 50.6 Å². The molecule has 3 amide bonds. The summed E-state index contributed by atoms with van der Waals surface area (Å²) < 4.78 is 12.2. The van der Waals surface area contributed by atoms with Crippen LogP contribution in [0.25, 0.3) is 0 Å². The van der Waals surface area contributed by atoms with Gasteiger partial charge in [0.1, 0.15) is 35.2 Å². The number of hydrogen-bond acceptors (Lipinski definition) is 10. The van der Waals surface area contributed by atoms with E-state index in [1.54, 1.807) is 11.4 Å². The summed E-state index contributed by atoms with van der Waals surface area (Å²) >= 11 is 1.35. The largest absolute Gasteiger partial charge is 0.492 e. The van der Waals surface area contributed by atoms with Crippen molar-refractivity contribution in [3.05, 3.63) is 45.4 Å². The maximum absolute atomic E-state index is 14.7. The van der Waals surface area contributed by atoms with E-state index in [0.29, 0.717) is 55.5 Å². The second-order valence-electron chi connectivity index (χ2n) is 16.2. The van der Waals surface area contributed by atoms with E-state index in [9.17, 15) is 24.3 Å². The van der Waals surface area contributed by atoms with Crippen molar-refractivity contribution >= 4 is 35.0 Å². The van der Waals surface area contributed by atoms with Gasteiger partial charge in [-0.2, -0.15) is 0 Å². The van der Waals surface area contributed by atoms with Crippen LogP contribution in [-0.2, 0) is 25.5 Å². The predicted molar refractivity (Wildman–Crippen MR) is 224 cm³/mol. The molecular formula is C43H68N6O7S. The molecule has 0 radical (unpaired) electrons. The van der Waals surface area contributed by atoms with Crippen LogP contribution in [0.4, 0.5) is 0 Å². The van der Waals surface area contributed by atoms with Gasteiger partial charge in [0.15, 0.2) is 0 Å². The molecule has 1 aliphatic carbocycles. The molecule has 0 saturated carbocycles. The van der Waals surface area contributed by atoms with Gasteiger partial charge in [-0.05, 0) is 94.3 Å². The highest BCUT2D eigenvalue weighted by atomic mass is 32.1. The smallest absolute Gasteiger partial charge is 0.311 e. The van der Waals surface area contributed by atoms with Gasteiger partial charge in [-0.1, -0.05) is 60.5 Å². The molecule has 2 heterocycles. The highest BCUT2D eigenvalue weighted by molar-refractivity contribution is 7.09. The molecule has 7 atom stereocenters. The fourth-order valence-electron chi connectivity index (χ4n) is 8.02. The zero-order valence-electron chi connectivity index (χ0n) is 35.5. The molecule has 318 valence electrons. The number of rotatable bonds is 22. The number of nitrogens with one attached hydrogen (secondary N) is 3. The van der Waals surface area contributed by atoms with Crippen LogP contribution in [0.2, 0.25) is 0 Å². The summed E-state index contributed by atoms with van der Waals surface area (Å²) in [5, 5.41) is 21.8. The molecule has 0 spiro atoms. The van der Waals surface area contributed by atoms with Crippen molar-refractivity contribution in [3.8, 4) is 5.75 Å². The van der Waals surface area contributed by atoms with E-state index in [2.05, 4.69) is 48.5 Å². The van der Waals surface area contributed by atoms with Crippen molar-refractivity contribution in [2.75, 3.05) is 46.9 Å². The number of thiazole rings is 1. The standard InChI is InChI=1S/C43H68N6O7S/c1-9-18-49(42(52)38(28(6)11-3)47-40(51)35-14-12-13-19-48(35)8)36(27(4)5)25-37(56-20-10-2)41-46-34(26-57-41)39(50)45-30-22-29-15-16-31(55-21-17-44-7)24-32(29)33(23-30)43(53)54/h15-16,24,26-28,30,33,35-38,44H,9-14,17-23,25H2,1-8H3,(H,45,50)(H,47,51)(H,53,54)/t28-,30-,33+,35+,36+,37+,38-/m0/s1. The van der Waals surface area contributed by atoms with Crippen LogP contribution in [0.15, 0.2) is 23.6 Å². The van der Waals surface area contributed by atoms with Crippen molar-refractivity contribution < 1.29 is 33.8 Å². The maximum atomic E-state index is 14.7. The van der Waals surface area contributed by atoms with Gasteiger partial charge in [0.05, 0.1) is 12.0 Å². The Balaban J connectivity index is 1.52. The first-order valence-electron chi connectivity index (χ1n) is 21.1. The number of aliphatic carboxylic acids is 1. The molecular weight excluding hydrogens is 745 g/mol. The number of fused-ring (bicyclic) bond motifs is 1. The molecule has 1 aliphatic heterocycles. The molecule has 0 bridgehead atoms. The van der Waals surface area contributed by atoms with Gasteiger partial charge in [0.2, 0.25) is 11.8 Å². The first kappa shape index (κ1) is 46.1. The summed E-state index contributed by atoms with van der Waals surface area (Å²) in [6.45, 7) is 15.4. The number of carboxylic acid groups (broad SMARTS) is 1. The minimum absolute atomic E-state index is 0.0575. The number of likely N-dealkylation sites (N-methyl/N-ethyl adjacent to an activating group) is 2. The fourth-order valence-corrected chi connectivity index (χ4v) is 8.88. The van der Waals surface area contributed by atoms with Gasteiger partial charge in [0, 0.05) is 43.6 Å². The summed E-state index contributed by atoms with van der Waals surface area (Å²) in [5.41, 5.74) is 1.84. The summed E-state index contributed by atoms with van der Waals surface area (Å²) in [6.07, 6.45) is 5.89. The summed E-state index contributed by atoms with van der Waals surface area (Å²) in [6, 6.07) is 4.04. The van der Waals surface area contributed by atoms with Crippen LogP contribution in [-0.4, -0.2) is 115 Å². The Bertz CT molecular complexity index is 1620. The lowest BCUT2D eigenvalue weighted by atomic mass is 9.80. The van der Waals surface area contributed by atoms with E-state index in [4.69, 9.17) is 14.5 Å². The monoisotopic (exact) mass is 812 g/mol. The summed E-state index contributed by atoms with van der Waals surface area (Å²) in [4.78, 5) is 63.2. The minimum Gasteiger partial charge on any atom is -0.492 e. The predicted octanol–water partition coefficient (Wildman–Crippen LogP) is 5.79. The van der Waals surface area contributed by atoms with Gasteiger partial charge in [-0.15, -0.1) is 11.3 Å². The number of aromatic nitrogens is 1. The Morgan fingerprint density at radius 1 is 1.09 bits per heavy atom. The number of hydrogen-bond donors (Lipinski definition) is 4. The number of benzene rings is 1. The number of piperidine rings is 1. The molecule has 1 fully saturated rings. The number of amides is 3. The molecule has 2 aromatic rings. The highest BCUT2D eigenvalue weighted by Gasteiger charge is 2.39. The highest BCUT2D eigenvalue weighted by Crippen LogP contribution is 2.36. The molecule has 0 unspecified atom stereocenters. The molecule has 2 aliphatic rings. The van der Waals surface area contributed by atoms with E-state index in [1.807, 2.05) is 45.0 Å². The van der Waals surface area contributed by atoms with E-state index in [-0.39, 0.29) is 53.8 Å². The average Bonchev–Trinajstić information content (AvgIpc) is 3.69.